The Morgan fingerprint density at radius 2 is 1.85 bits per heavy atom. The van der Waals surface area contributed by atoms with Gasteiger partial charge in [-0.2, -0.15) is 0 Å². The molecule has 1 N–H and O–H groups in total. The molecule has 1 aromatic rings. The first-order valence-electron chi connectivity index (χ1n) is 7.62. The summed E-state index contributed by atoms with van der Waals surface area (Å²) in [4.78, 5) is 0. The highest BCUT2D eigenvalue weighted by molar-refractivity contribution is 5.33. The van der Waals surface area contributed by atoms with Crippen molar-refractivity contribution in [2.24, 2.45) is 5.92 Å². The molecule has 1 aliphatic rings. The van der Waals surface area contributed by atoms with Crippen LogP contribution in [-0.2, 0) is 10.2 Å². The first-order chi connectivity index (χ1) is 9.66. The van der Waals surface area contributed by atoms with E-state index in [0.717, 1.165) is 45.0 Å². The number of rotatable bonds is 6. The van der Waals surface area contributed by atoms with Gasteiger partial charge in [0.1, 0.15) is 5.75 Å². The molecular weight excluding hydrogens is 250 g/mol. The molecule has 1 aromatic carbocycles. The second kappa shape index (κ2) is 7.09. The molecule has 1 saturated heterocycles. The molecule has 0 saturated carbocycles. The molecular formula is C17H27NO2. The summed E-state index contributed by atoms with van der Waals surface area (Å²) in [5.74, 6) is 1.52. The zero-order chi connectivity index (χ0) is 14.4. The van der Waals surface area contributed by atoms with Crippen LogP contribution >= 0.6 is 0 Å². The number of likely N-dealkylation sites (N-methyl/N-ethyl adjacent to an activating group) is 1. The second-order valence-electron chi connectivity index (χ2n) is 6.15. The molecule has 1 aliphatic heterocycles. The lowest BCUT2D eigenvalue weighted by Crippen LogP contribution is -2.41. The zero-order valence-corrected chi connectivity index (χ0v) is 12.9. The van der Waals surface area contributed by atoms with Gasteiger partial charge in [-0.1, -0.05) is 26.0 Å². The fraction of sp³-hybridized carbons (Fsp3) is 0.647. The van der Waals surface area contributed by atoms with E-state index in [1.165, 1.54) is 5.56 Å². The third-order valence-electron chi connectivity index (χ3n) is 4.02. The third kappa shape index (κ3) is 3.74. The first-order valence-corrected chi connectivity index (χ1v) is 7.62. The van der Waals surface area contributed by atoms with Crippen LogP contribution in [0, 0.1) is 5.92 Å². The number of benzene rings is 1. The molecule has 0 amide bonds. The van der Waals surface area contributed by atoms with Gasteiger partial charge in [-0.05, 0) is 43.5 Å². The monoisotopic (exact) mass is 277 g/mol. The van der Waals surface area contributed by atoms with Crippen molar-refractivity contribution in [1.82, 2.24) is 5.32 Å². The van der Waals surface area contributed by atoms with Gasteiger partial charge in [-0.15, -0.1) is 0 Å². The minimum Gasteiger partial charge on any atom is -0.493 e. The average Bonchev–Trinajstić information content (AvgIpc) is 2.47. The zero-order valence-electron chi connectivity index (χ0n) is 12.9. The van der Waals surface area contributed by atoms with Crippen molar-refractivity contribution in [3.8, 4) is 5.75 Å². The van der Waals surface area contributed by atoms with Crippen molar-refractivity contribution in [3.63, 3.8) is 0 Å². The van der Waals surface area contributed by atoms with Gasteiger partial charge in [0.2, 0.25) is 0 Å². The summed E-state index contributed by atoms with van der Waals surface area (Å²) >= 11 is 0. The molecule has 112 valence electrons. The van der Waals surface area contributed by atoms with Crippen LogP contribution in [0.15, 0.2) is 24.3 Å². The van der Waals surface area contributed by atoms with Gasteiger partial charge in [-0.3, -0.25) is 0 Å². The Hall–Kier alpha value is -1.06. The van der Waals surface area contributed by atoms with Crippen LogP contribution in [-0.4, -0.2) is 33.4 Å². The summed E-state index contributed by atoms with van der Waals surface area (Å²) in [5, 5.41) is 3.34. The van der Waals surface area contributed by atoms with Crippen LogP contribution < -0.4 is 10.1 Å². The molecule has 0 bridgehead atoms. The highest BCUT2D eigenvalue weighted by Crippen LogP contribution is 2.35. The molecule has 1 heterocycles. The van der Waals surface area contributed by atoms with Crippen molar-refractivity contribution in [2.75, 3.05) is 33.4 Å². The van der Waals surface area contributed by atoms with Gasteiger partial charge in [0.25, 0.3) is 0 Å². The molecule has 0 aliphatic carbocycles. The Morgan fingerprint density at radius 3 is 2.40 bits per heavy atom. The number of nitrogens with one attached hydrogen (secondary N) is 1. The summed E-state index contributed by atoms with van der Waals surface area (Å²) in [6.07, 6.45) is 2.17. The SMILES string of the molecule is CNCC1(c2ccc(OCC(C)C)cc2)CCOCC1. The van der Waals surface area contributed by atoms with E-state index in [9.17, 15) is 0 Å². The second-order valence-corrected chi connectivity index (χ2v) is 6.15. The molecule has 0 atom stereocenters. The van der Waals surface area contributed by atoms with Crippen LogP contribution in [0.4, 0.5) is 0 Å². The quantitative estimate of drug-likeness (QED) is 0.867. The lowest BCUT2D eigenvalue weighted by Gasteiger charge is -2.37. The van der Waals surface area contributed by atoms with Crippen LogP contribution in [0.2, 0.25) is 0 Å². The van der Waals surface area contributed by atoms with E-state index in [1.807, 2.05) is 7.05 Å². The normalized spacial score (nSPS) is 18.2. The summed E-state index contributed by atoms with van der Waals surface area (Å²) in [5.41, 5.74) is 1.61. The van der Waals surface area contributed by atoms with Gasteiger partial charge in [0.15, 0.2) is 0 Å². The van der Waals surface area contributed by atoms with Crippen molar-refractivity contribution in [2.45, 2.75) is 32.1 Å². The fourth-order valence-electron chi connectivity index (χ4n) is 2.84. The Morgan fingerprint density at radius 1 is 1.20 bits per heavy atom. The summed E-state index contributed by atoms with van der Waals surface area (Å²) in [6, 6.07) is 8.64. The van der Waals surface area contributed by atoms with Crippen molar-refractivity contribution in [1.29, 1.82) is 0 Å². The molecule has 0 radical (unpaired) electrons. The van der Waals surface area contributed by atoms with E-state index in [2.05, 4.69) is 43.4 Å². The summed E-state index contributed by atoms with van der Waals surface area (Å²) in [7, 11) is 2.03. The van der Waals surface area contributed by atoms with E-state index in [1.54, 1.807) is 0 Å². The van der Waals surface area contributed by atoms with Gasteiger partial charge in [0.05, 0.1) is 6.61 Å². The number of hydrogen-bond donors (Lipinski definition) is 1. The maximum Gasteiger partial charge on any atom is 0.119 e. The molecule has 0 spiro atoms. The predicted octanol–water partition coefficient (Wildman–Crippen LogP) is 2.99. The maximum atomic E-state index is 5.76. The molecule has 0 aromatic heterocycles. The van der Waals surface area contributed by atoms with Crippen LogP contribution in [0.3, 0.4) is 0 Å². The Balaban J connectivity index is 2.09. The molecule has 2 rings (SSSR count). The maximum absolute atomic E-state index is 5.76. The number of hydrogen-bond acceptors (Lipinski definition) is 3. The Labute approximate surface area is 122 Å². The summed E-state index contributed by atoms with van der Waals surface area (Å²) in [6.45, 7) is 7.81. The first kappa shape index (κ1) is 15.3. The Kier molecular flexibility index (Phi) is 5.44. The van der Waals surface area contributed by atoms with E-state index in [4.69, 9.17) is 9.47 Å². The van der Waals surface area contributed by atoms with Crippen LogP contribution in [0.1, 0.15) is 32.3 Å². The minimum absolute atomic E-state index is 0.212. The topological polar surface area (TPSA) is 30.5 Å². The lowest BCUT2D eigenvalue weighted by molar-refractivity contribution is 0.0505. The van der Waals surface area contributed by atoms with Gasteiger partial charge < -0.3 is 14.8 Å². The van der Waals surface area contributed by atoms with Crippen LogP contribution in [0.5, 0.6) is 5.75 Å². The third-order valence-corrected chi connectivity index (χ3v) is 4.02. The fourth-order valence-corrected chi connectivity index (χ4v) is 2.84. The van der Waals surface area contributed by atoms with Crippen LogP contribution in [0.25, 0.3) is 0 Å². The van der Waals surface area contributed by atoms with Crippen molar-refractivity contribution >= 4 is 0 Å². The predicted molar refractivity (Wildman–Crippen MR) is 82.4 cm³/mol. The van der Waals surface area contributed by atoms with Gasteiger partial charge in [-0.25, -0.2) is 0 Å². The molecule has 3 nitrogen and oxygen atoms in total. The molecule has 0 unspecified atom stereocenters. The largest absolute Gasteiger partial charge is 0.493 e. The highest BCUT2D eigenvalue weighted by Gasteiger charge is 2.33. The number of ether oxygens (including phenoxy) is 2. The van der Waals surface area contributed by atoms with Crippen molar-refractivity contribution < 1.29 is 9.47 Å². The van der Waals surface area contributed by atoms with Gasteiger partial charge in [0, 0.05) is 25.2 Å². The molecule has 1 fully saturated rings. The molecule has 3 heteroatoms. The van der Waals surface area contributed by atoms with E-state index in [-0.39, 0.29) is 5.41 Å². The van der Waals surface area contributed by atoms with E-state index >= 15 is 0 Å². The Bertz CT molecular complexity index is 388. The van der Waals surface area contributed by atoms with E-state index < -0.39 is 0 Å². The summed E-state index contributed by atoms with van der Waals surface area (Å²) < 4.78 is 11.3. The smallest absolute Gasteiger partial charge is 0.119 e. The van der Waals surface area contributed by atoms with Crippen molar-refractivity contribution in [3.05, 3.63) is 29.8 Å². The standard InChI is InChI=1S/C17H27NO2/c1-14(2)12-20-16-6-4-15(5-7-16)17(13-18-3)8-10-19-11-9-17/h4-7,14,18H,8-13H2,1-3H3. The highest BCUT2D eigenvalue weighted by atomic mass is 16.5. The average molecular weight is 277 g/mol. The minimum atomic E-state index is 0.212. The lowest BCUT2D eigenvalue weighted by atomic mass is 9.74. The van der Waals surface area contributed by atoms with E-state index in [0.29, 0.717) is 5.92 Å². The molecule has 20 heavy (non-hydrogen) atoms. The van der Waals surface area contributed by atoms with Gasteiger partial charge >= 0.3 is 0 Å².